The van der Waals surface area contributed by atoms with E-state index in [9.17, 15) is 21.8 Å². The normalized spacial score (nSPS) is 18.7. The number of halogens is 4. The Morgan fingerprint density at radius 1 is 1.16 bits per heavy atom. The van der Waals surface area contributed by atoms with Crippen molar-refractivity contribution in [2.75, 3.05) is 24.6 Å². The van der Waals surface area contributed by atoms with E-state index in [1.165, 1.54) is 0 Å². The lowest BCUT2D eigenvalue weighted by Gasteiger charge is -2.26. The first kappa shape index (κ1) is 14.5. The van der Waals surface area contributed by atoms with Crippen molar-refractivity contribution < 1.29 is 21.8 Å². The number of alkyl halides is 3. The monoisotopic (exact) mass is 295 g/mol. The van der Waals surface area contributed by atoms with Crippen LogP contribution >= 0.6 is 0 Å². The summed E-state index contributed by atoms with van der Waals surface area (Å²) in [5.41, 5.74) is -0.678. The first-order chi connectivity index (χ1) is 8.84. The highest BCUT2D eigenvalue weighted by Gasteiger charge is 2.31. The Morgan fingerprint density at radius 2 is 1.79 bits per heavy atom. The van der Waals surface area contributed by atoms with Gasteiger partial charge in [-0.1, -0.05) is 0 Å². The molecule has 1 aromatic carbocycles. The lowest BCUT2D eigenvalue weighted by molar-refractivity contribution is -0.137. The van der Waals surface area contributed by atoms with Gasteiger partial charge in [-0.25, -0.2) is 4.39 Å². The van der Waals surface area contributed by atoms with Crippen molar-refractivity contribution in [3.63, 3.8) is 0 Å². The zero-order valence-corrected chi connectivity index (χ0v) is 10.9. The smallest absolute Gasteiger partial charge is 0.297 e. The SMILES string of the molecule is O=S1CCN(Cc2cc(F)cc(C(F)(F)F)c2)CC1. The molecular weight excluding hydrogens is 282 g/mol. The Kier molecular flexibility index (Phi) is 4.25. The highest BCUT2D eigenvalue weighted by Crippen LogP contribution is 2.30. The first-order valence-electron chi connectivity index (χ1n) is 5.78. The topological polar surface area (TPSA) is 20.3 Å². The molecule has 0 aliphatic carbocycles. The molecular formula is C12H13F4NOS. The van der Waals surface area contributed by atoms with Gasteiger partial charge in [0, 0.05) is 41.9 Å². The van der Waals surface area contributed by atoms with Gasteiger partial charge < -0.3 is 0 Å². The Hall–Kier alpha value is -0.950. The lowest BCUT2D eigenvalue weighted by atomic mass is 10.1. The average Bonchev–Trinajstić information content (AvgIpc) is 2.30. The van der Waals surface area contributed by atoms with Crippen molar-refractivity contribution in [1.29, 1.82) is 0 Å². The predicted octanol–water partition coefficient (Wildman–Crippen LogP) is 2.41. The molecule has 0 atom stereocenters. The third-order valence-electron chi connectivity index (χ3n) is 2.96. The van der Waals surface area contributed by atoms with Crippen LogP contribution in [0.3, 0.4) is 0 Å². The van der Waals surface area contributed by atoms with Gasteiger partial charge in [-0.2, -0.15) is 13.2 Å². The quantitative estimate of drug-likeness (QED) is 0.781. The van der Waals surface area contributed by atoms with E-state index < -0.39 is 28.4 Å². The molecule has 7 heteroatoms. The van der Waals surface area contributed by atoms with E-state index in [1.807, 2.05) is 4.90 Å². The van der Waals surface area contributed by atoms with Crippen LogP contribution in [0.4, 0.5) is 17.6 Å². The first-order valence-corrected chi connectivity index (χ1v) is 7.27. The molecule has 0 bridgehead atoms. The van der Waals surface area contributed by atoms with Gasteiger partial charge in [-0.15, -0.1) is 0 Å². The van der Waals surface area contributed by atoms with Gasteiger partial charge in [0.1, 0.15) is 5.82 Å². The number of hydrogen-bond acceptors (Lipinski definition) is 2. The summed E-state index contributed by atoms with van der Waals surface area (Å²) in [7, 11) is -0.837. The highest BCUT2D eigenvalue weighted by atomic mass is 32.2. The van der Waals surface area contributed by atoms with Gasteiger partial charge in [0.25, 0.3) is 0 Å². The van der Waals surface area contributed by atoms with E-state index in [2.05, 4.69) is 0 Å². The number of nitrogens with zero attached hydrogens (tertiary/aromatic N) is 1. The van der Waals surface area contributed by atoms with Crippen LogP contribution in [0.2, 0.25) is 0 Å². The summed E-state index contributed by atoms with van der Waals surface area (Å²) in [6, 6.07) is 2.57. The molecule has 19 heavy (non-hydrogen) atoms. The number of rotatable bonds is 2. The molecule has 0 N–H and O–H groups in total. The van der Waals surface area contributed by atoms with Crippen LogP contribution in [0.25, 0.3) is 0 Å². The largest absolute Gasteiger partial charge is 0.416 e. The Morgan fingerprint density at radius 3 is 2.37 bits per heavy atom. The molecule has 1 heterocycles. The summed E-state index contributed by atoms with van der Waals surface area (Å²) in [6.45, 7) is 1.37. The van der Waals surface area contributed by atoms with Gasteiger partial charge in [0.2, 0.25) is 0 Å². The molecule has 1 aromatic rings. The minimum Gasteiger partial charge on any atom is -0.297 e. The van der Waals surface area contributed by atoms with E-state index in [0.29, 0.717) is 36.2 Å². The van der Waals surface area contributed by atoms with Crippen LogP contribution in [-0.4, -0.2) is 33.7 Å². The molecule has 106 valence electrons. The molecule has 2 rings (SSSR count). The highest BCUT2D eigenvalue weighted by molar-refractivity contribution is 7.85. The zero-order chi connectivity index (χ0) is 14.0. The maximum Gasteiger partial charge on any atom is 0.416 e. The second kappa shape index (κ2) is 5.58. The van der Waals surface area contributed by atoms with Crippen LogP contribution in [0, 0.1) is 5.82 Å². The standard InChI is InChI=1S/C12H13F4NOS/c13-11-6-9(5-10(7-11)12(14,15)16)8-17-1-3-19(18)4-2-17/h5-7H,1-4,8H2. The third kappa shape index (κ3) is 4.01. The Bertz CT molecular complexity index is 479. The van der Waals surface area contributed by atoms with Crippen molar-refractivity contribution >= 4 is 10.8 Å². The molecule has 1 aliphatic rings. The van der Waals surface area contributed by atoms with E-state index in [4.69, 9.17) is 0 Å². The molecule has 1 aliphatic heterocycles. The maximum atomic E-state index is 13.2. The van der Waals surface area contributed by atoms with Gasteiger partial charge in [0.15, 0.2) is 0 Å². The minimum atomic E-state index is -4.54. The molecule has 0 spiro atoms. The van der Waals surface area contributed by atoms with Crippen molar-refractivity contribution in [3.8, 4) is 0 Å². The summed E-state index contributed by atoms with van der Waals surface area (Å²) >= 11 is 0. The maximum absolute atomic E-state index is 13.2. The van der Waals surface area contributed by atoms with E-state index in [1.54, 1.807) is 0 Å². The van der Waals surface area contributed by atoms with Crippen molar-refractivity contribution in [1.82, 2.24) is 4.90 Å². The minimum absolute atomic E-state index is 0.248. The molecule has 0 unspecified atom stereocenters. The fourth-order valence-corrected chi connectivity index (χ4v) is 3.13. The molecule has 0 saturated carbocycles. The molecule has 0 aromatic heterocycles. The van der Waals surface area contributed by atoms with Gasteiger partial charge in [0.05, 0.1) is 5.56 Å². The lowest BCUT2D eigenvalue weighted by Crippen LogP contribution is -2.37. The van der Waals surface area contributed by atoms with E-state index >= 15 is 0 Å². The van der Waals surface area contributed by atoms with Gasteiger partial charge in [-0.05, 0) is 23.8 Å². The van der Waals surface area contributed by atoms with Gasteiger partial charge in [-0.3, -0.25) is 9.11 Å². The molecule has 1 fully saturated rings. The van der Waals surface area contributed by atoms with Gasteiger partial charge >= 0.3 is 6.18 Å². The summed E-state index contributed by atoms with van der Waals surface area (Å²) in [5, 5.41) is 0. The summed E-state index contributed by atoms with van der Waals surface area (Å²) < 4.78 is 62.1. The second-order valence-electron chi connectivity index (χ2n) is 4.47. The van der Waals surface area contributed by atoms with Crippen LogP contribution < -0.4 is 0 Å². The summed E-state index contributed by atoms with van der Waals surface area (Å²) in [6.07, 6.45) is -4.54. The molecule has 2 nitrogen and oxygen atoms in total. The summed E-state index contributed by atoms with van der Waals surface area (Å²) in [4.78, 5) is 1.89. The van der Waals surface area contributed by atoms with Crippen molar-refractivity contribution in [3.05, 3.63) is 35.1 Å². The predicted molar refractivity (Wildman–Crippen MR) is 64.6 cm³/mol. The van der Waals surface area contributed by atoms with Crippen LogP contribution in [0.5, 0.6) is 0 Å². The van der Waals surface area contributed by atoms with E-state index in [-0.39, 0.29) is 6.54 Å². The number of hydrogen-bond donors (Lipinski definition) is 0. The van der Waals surface area contributed by atoms with Crippen LogP contribution in [-0.2, 0) is 23.5 Å². The van der Waals surface area contributed by atoms with E-state index in [0.717, 1.165) is 12.1 Å². The van der Waals surface area contributed by atoms with Crippen LogP contribution in [0.15, 0.2) is 18.2 Å². The van der Waals surface area contributed by atoms with Crippen molar-refractivity contribution in [2.45, 2.75) is 12.7 Å². The number of benzene rings is 1. The third-order valence-corrected chi connectivity index (χ3v) is 4.24. The molecule has 0 amide bonds. The second-order valence-corrected chi connectivity index (χ2v) is 6.17. The fraction of sp³-hybridized carbons (Fsp3) is 0.500. The fourth-order valence-electron chi connectivity index (χ4n) is 2.00. The Balaban J connectivity index is 2.12. The van der Waals surface area contributed by atoms with Crippen LogP contribution in [0.1, 0.15) is 11.1 Å². The van der Waals surface area contributed by atoms with Crippen molar-refractivity contribution in [2.24, 2.45) is 0 Å². The Labute approximate surface area is 110 Å². The molecule has 1 saturated heterocycles. The zero-order valence-electron chi connectivity index (χ0n) is 10.0. The summed E-state index contributed by atoms with van der Waals surface area (Å²) in [5.74, 6) is 0.147. The molecule has 0 radical (unpaired) electrons. The average molecular weight is 295 g/mol.